The van der Waals surface area contributed by atoms with Crippen molar-refractivity contribution in [1.29, 1.82) is 0 Å². The normalized spacial score (nSPS) is 21.1. The van der Waals surface area contributed by atoms with Gasteiger partial charge >= 0.3 is 6.18 Å². The Kier molecular flexibility index (Phi) is 3.80. The van der Waals surface area contributed by atoms with Gasteiger partial charge in [0.15, 0.2) is 0 Å². The van der Waals surface area contributed by atoms with Gasteiger partial charge in [0.05, 0.1) is 17.1 Å². The number of halogens is 3. The Hall–Kier alpha value is -1.35. The van der Waals surface area contributed by atoms with Crippen molar-refractivity contribution < 1.29 is 21.6 Å². The molecule has 1 aliphatic carbocycles. The second-order valence-electron chi connectivity index (χ2n) is 5.53. The van der Waals surface area contributed by atoms with Crippen molar-refractivity contribution in [2.75, 3.05) is 31.1 Å². The molecule has 0 radical (unpaired) electrons. The van der Waals surface area contributed by atoms with Crippen LogP contribution in [0.5, 0.6) is 0 Å². The van der Waals surface area contributed by atoms with Gasteiger partial charge in [-0.2, -0.15) is 17.5 Å². The minimum atomic E-state index is -4.45. The number of alkyl halides is 3. The Labute approximate surface area is 126 Å². The van der Waals surface area contributed by atoms with E-state index in [0.29, 0.717) is 31.9 Å². The number of hydrogen-bond donors (Lipinski definition) is 0. The molecule has 1 saturated heterocycles. The lowest BCUT2D eigenvalue weighted by molar-refractivity contribution is -0.141. The fourth-order valence-electron chi connectivity index (χ4n) is 2.52. The molecule has 1 saturated carbocycles. The molecule has 0 unspecified atom stereocenters. The first-order valence-electron chi connectivity index (χ1n) is 7.05. The maximum absolute atomic E-state index is 12.5. The van der Waals surface area contributed by atoms with Gasteiger partial charge in [0.1, 0.15) is 5.69 Å². The van der Waals surface area contributed by atoms with E-state index >= 15 is 0 Å². The highest BCUT2D eigenvalue weighted by molar-refractivity contribution is 7.90. The maximum atomic E-state index is 12.5. The van der Waals surface area contributed by atoms with Crippen LogP contribution in [0.3, 0.4) is 0 Å². The van der Waals surface area contributed by atoms with Crippen molar-refractivity contribution in [3.63, 3.8) is 0 Å². The summed E-state index contributed by atoms with van der Waals surface area (Å²) in [7, 11) is -3.18. The van der Waals surface area contributed by atoms with Gasteiger partial charge in [-0.25, -0.2) is 13.4 Å². The van der Waals surface area contributed by atoms with Crippen LogP contribution in [-0.4, -0.2) is 49.1 Å². The number of rotatable bonds is 3. The molecule has 2 heterocycles. The molecule has 3 rings (SSSR count). The fraction of sp³-hybridized carbons (Fsp3) is 0.615. The van der Waals surface area contributed by atoms with E-state index in [1.807, 2.05) is 4.90 Å². The molecule has 0 amide bonds. The molecule has 2 aliphatic rings. The Morgan fingerprint density at radius 2 is 1.73 bits per heavy atom. The van der Waals surface area contributed by atoms with Crippen LogP contribution in [0.2, 0.25) is 0 Å². The highest BCUT2D eigenvalue weighted by atomic mass is 32.2. The van der Waals surface area contributed by atoms with E-state index in [1.54, 1.807) is 0 Å². The lowest BCUT2D eigenvalue weighted by Crippen LogP contribution is -2.49. The van der Waals surface area contributed by atoms with Crippen LogP contribution < -0.4 is 4.90 Å². The summed E-state index contributed by atoms with van der Waals surface area (Å²) in [6.07, 6.45) is -1.81. The largest absolute Gasteiger partial charge is 0.433 e. The van der Waals surface area contributed by atoms with Crippen molar-refractivity contribution in [2.24, 2.45) is 0 Å². The predicted molar refractivity (Wildman–Crippen MR) is 75.0 cm³/mol. The van der Waals surface area contributed by atoms with Crippen molar-refractivity contribution in [1.82, 2.24) is 9.29 Å². The van der Waals surface area contributed by atoms with Crippen LogP contribution in [0.1, 0.15) is 18.5 Å². The molecule has 1 aromatic heterocycles. The number of aromatic nitrogens is 1. The van der Waals surface area contributed by atoms with E-state index in [4.69, 9.17) is 0 Å². The lowest BCUT2D eigenvalue weighted by atomic mass is 10.2. The highest BCUT2D eigenvalue weighted by Crippen LogP contribution is 2.32. The third kappa shape index (κ3) is 3.05. The van der Waals surface area contributed by atoms with E-state index < -0.39 is 21.9 Å². The van der Waals surface area contributed by atoms with Crippen molar-refractivity contribution >= 4 is 15.7 Å². The Morgan fingerprint density at radius 1 is 1.09 bits per heavy atom. The number of piperazine rings is 1. The lowest BCUT2D eigenvalue weighted by Gasteiger charge is -2.35. The molecule has 2 fully saturated rings. The molecule has 22 heavy (non-hydrogen) atoms. The molecule has 1 aliphatic heterocycles. The third-order valence-electron chi connectivity index (χ3n) is 3.95. The standard InChI is InChI=1S/C13H16F3N3O2S/c14-13(15,16)12-4-1-10(9-17-12)18-5-7-19(8-6-18)22(20,21)11-2-3-11/h1,4,9,11H,2-3,5-8H2. The molecule has 0 atom stereocenters. The van der Waals surface area contributed by atoms with Crippen molar-refractivity contribution in [3.8, 4) is 0 Å². The predicted octanol–water partition coefficient (Wildman–Crippen LogP) is 1.71. The van der Waals surface area contributed by atoms with Crippen LogP contribution in [0.15, 0.2) is 18.3 Å². The Bertz CT molecular complexity index is 633. The second kappa shape index (κ2) is 5.38. The minimum absolute atomic E-state index is 0.230. The topological polar surface area (TPSA) is 53.5 Å². The van der Waals surface area contributed by atoms with Gasteiger partial charge in [0.2, 0.25) is 10.0 Å². The van der Waals surface area contributed by atoms with Gasteiger partial charge in [-0.3, -0.25) is 0 Å². The van der Waals surface area contributed by atoms with Gasteiger partial charge in [0, 0.05) is 26.2 Å². The minimum Gasteiger partial charge on any atom is -0.368 e. The zero-order valence-electron chi connectivity index (χ0n) is 11.8. The molecule has 1 aromatic rings. The maximum Gasteiger partial charge on any atom is 0.433 e. The highest BCUT2D eigenvalue weighted by Gasteiger charge is 2.41. The summed E-state index contributed by atoms with van der Waals surface area (Å²) in [5, 5.41) is -0.230. The van der Waals surface area contributed by atoms with Gasteiger partial charge in [-0.05, 0) is 25.0 Å². The first kappa shape index (κ1) is 15.5. The van der Waals surface area contributed by atoms with E-state index in [9.17, 15) is 21.6 Å². The molecule has 5 nitrogen and oxygen atoms in total. The summed E-state index contributed by atoms with van der Waals surface area (Å²) in [5.41, 5.74) is -0.345. The fourth-order valence-corrected chi connectivity index (χ4v) is 4.34. The van der Waals surface area contributed by atoms with Crippen LogP contribution in [-0.2, 0) is 16.2 Å². The van der Waals surface area contributed by atoms with Crippen LogP contribution in [0, 0.1) is 0 Å². The molecule has 9 heteroatoms. The SMILES string of the molecule is O=S(=O)(C1CC1)N1CCN(c2ccc(C(F)(F)F)nc2)CC1. The van der Waals surface area contributed by atoms with Crippen LogP contribution >= 0.6 is 0 Å². The summed E-state index contributed by atoms with van der Waals surface area (Å²) in [5.74, 6) is 0. The summed E-state index contributed by atoms with van der Waals surface area (Å²) in [4.78, 5) is 5.29. The third-order valence-corrected chi connectivity index (χ3v) is 6.35. The first-order chi connectivity index (χ1) is 10.3. The van der Waals surface area contributed by atoms with Crippen molar-refractivity contribution in [2.45, 2.75) is 24.3 Å². The van der Waals surface area contributed by atoms with Crippen LogP contribution in [0.25, 0.3) is 0 Å². The van der Waals surface area contributed by atoms with E-state index in [-0.39, 0.29) is 5.25 Å². The van der Waals surface area contributed by atoms with E-state index in [1.165, 1.54) is 16.6 Å². The molecular weight excluding hydrogens is 319 g/mol. The molecule has 0 spiro atoms. The number of anilines is 1. The molecule has 0 bridgehead atoms. The Balaban J connectivity index is 1.64. The first-order valence-corrected chi connectivity index (χ1v) is 8.56. The average molecular weight is 335 g/mol. The summed E-state index contributed by atoms with van der Waals surface area (Å²) >= 11 is 0. The zero-order chi connectivity index (χ0) is 16.0. The molecular formula is C13H16F3N3O2S. The number of hydrogen-bond acceptors (Lipinski definition) is 4. The summed E-state index contributed by atoms with van der Waals surface area (Å²) in [6, 6.07) is 2.32. The zero-order valence-corrected chi connectivity index (χ0v) is 12.6. The smallest absolute Gasteiger partial charge is 0.368 e. The van der Waals surface area contributed by atoms with E-state index in [2.05, 4.69) is 4.98 Å². The Morgan fingerprint density at radius 3 is 2.18 bits per heavy atom. The second-order valence-corrected chi connectivity index (χ2v) is 7.74. The van der Waals surface area contributed by atoms with E-state index in [0.717, 1.165) is 18.9 Å². The van der Waals surface area contributed by atoms with Gasteiger partial charge in [-0.1, -0.05) is 0 Å². The van der Waals surface area contributed by atoms with Gasteiger partial charge in [-0.15, -0.1) is 0 Å². The molecule has 0 aromatic carbocycles. The summed E-state index contributed by atoms with van der Waals surface area (Å²) < 4.78 is 63.1. The van der Waals surface area contributed by atoms with Gasteiger partial charge in [0.25, 0.3) is 0 Å². The summed E-state index contributed by atoms with van der Waals surface area (Å²) in [6.45, 7) is 1.64. The van der Waals surface area contributed by atoms with Crippen molar-refractivity contribution in [3.05, 3.63) is 24.0 Å². The molecule has 0 N–H and O–H groups in total. The van der Waals surface area contributed by atoms with Gasteiger partial charge < -0.3 is 4.90 Å². The number of pyridine rings is 1. The number of sulfonamides is 1. The quantitative estimate of drug-likeness (QED) is 0.844. The number of nitrogens with zero attached hydrogens (tertiary/aromatic N) is 3. The van der Waals surface area contributed by atoms with Crippen LogP contribution in [0.4, 0.5) is 18.9 Å². The monoisotopic (exact) mass is 335 g/mol. The average Bonchev–Trinajstić information content (AvgIpc) is 3.32. The molecule has 122 valence electrons.